The van der Waals surface area contributed by atoms with E-state index >= 15 is 0 Å². The molecule has 5 nitrogen and oxygen atoms in total. The molecule has 182 valence electrons. The van der Waals surface area contributed by atoms with Gasteiger partial charge in [-0.05, 0) is 68.7 Å². The van der Waals surface area contributed by atoms with Gasteiger partial charge in [0.15, 0.2) is 0 Å². The van der Waals surface area contributed by atoms with E-state index in [9.17, 15) is 13.2 Å². The van der Waals surface area contributed by atoms with Crippen molar-refractivity contribution < 1.29 is 17.9 Å². The van der Waals surface area contributed by atoms with E-state index < -0.39 is 11.7 Å². The molecule has 2 aromatic carbocycles. The van der Waals surface area contributed by atoms with Gasteiger partial charge in [0.1, 0.15) is 17.1 Å². The van der Waals surface area contributed by atoms with Crippen molar-refractivity contribution in [2.24, 2.45) is 0 Å². The summed E-state index contributed by atoms with van der Waals surface area (Å²) < 4.78 is 46.5. The Labute approximate surface area is 198 Å². The summed E-state index contributed by atoms with van der Waals surface area (Å²) in [6.45, 7) is 6.02. The second-order valence-electron chi connectivity index (χ2n) is 8.41. The monoisotopic (exact) mass is 472 g/mol. The molecule has 0 aliphatic heterocycles. The highest BCUT2D eigenvalue weighted by Gasteiger charge is 2.35. The van der Waals surface area contributed by atoms with Crippen molar-refractivity contribution in [2.75, 3.05) is 10.6 Å². The van der Waals surface area contributed by atoms with Crippen molar-refractivity contribution >= 4 is 23.1 Å². The van der Waals surface area contributed by atoms with Crippen LogP contribution in [0.25, 0.3) is 0 Å². The topological polar surface area (TPSA) is 59.1 Å². The first-order valence-electron chi connectivity index (χ1n) is 11.6. The number of aryl methyl sites for hydroxylation is 1. The molecule has 0 unspecified atom stereocenters. The van der Waals surface area contributed by atoms with E-state index in [0.717, 1.165) is 37.4 Å². The van der Waals surface area contributed by atoms with Crippen molar-refractivity contribution in [2.45, 2.75) is 65.2 Å². The molecule has 0 saturated heterocycles. The maximum Gasteiger partial charge on any atom is 0.421 e. The number of nitrogens with one attached hydrogen (secondary N) is 2. The lowest BCUT2D eigenvalue weighted by Crippen LogP contribution is -2.12. The van der Waals surface area contributed by atoms with Gasteiger partial charge in [0.25, 0.3) is 0 Å². The van der Waals surface area contributed by atoms with Crippen LogP contribution in [0.3, 0.4) is 0 Å². The van der Waals surface area contributed by atoms with Gasteiger partial charge in [0.2, 0.25) is 5.95 Å². The van der Waals surface area contributed by atoms with Crippen molar-refractivity contribution in [3.63, 3.8) is 0 Å². The SMILES string of the molecule is CCCCCCc1cccc(Nc2nc(Nc3ccc(OC(C)C)cc3)ncc2C(F)(F)F)c1. The molecule has 3 aromatic rings. The van der Waals surface area contributed by atoms with E-state index in [0.29, 0.717) is 17.1 Å². The quantitative estimate of drug-likeness (QED) is 0.278. The summed E-state index contributed by atoms with van der Waals surface area (Å²) in [4.78, 5) is 8.01. The molecule has 0 fully saturated rings. The van der Waals surface area contributed by atoms with Gasteiger partial charge in [0, 0.05) is 17.6 Å². The summed E-state index contributed by atoms with van der Waals surface area (Å²) in [5, 5.41) is 5.80. The molecule has 1 heterocycles. The molecule has 0 aliphatic carbocycles. The number of nitrogens with zero attached hydrogens (tertiary/aromatic N) is 2. The van der Waals surface area contributed by atoms with Crippen molar-refractivity contribution in [3.8, 4) is 5.75 Å². The molecule has 8 heteroatoms. The van der Waals surface area contributed by atoms with Gasteiger partial charge in [-0.1, -0.05) is 38.3 Å². The molecule has 0 bridgehead atoms. The highest BCUT2D eigenvalue weighted by atomic mass is 19.4. The number of rotatable bonds is 11. The molecule has 0 aliphatic rings. The van der Waals surface area contributed by atoms with Crippen LogP contribution >= 0.6 is 0 Å². The average Bonchev–Trinajstić information content (AvgIpc) is 2.77. The van der Waals surface area contributed by atoms with Crippen LogP contribution in [0.1, 0.15) is 57.6 Å². The summed E-state index contributed by atoms with van der Waals surface area (Å²) in [6.07, 6.45) is 1.65. The smallest absolute Gasteiger partial charge is 0.421 e. The van der Waals surface area contributed by atoms with E-state index in [2.05, 4.69) is 27.5 Å². The second kappa shape index (κ2) is 11.7. The summed E-state index contributed by atoms with van der Waals surface area (Å²) in [7, 11) is 0. The maximum absolute atomic E-state index is 13.6. The van der Waals surface area contributed by atoms with Crippen molar-refractivity contribution in [1.82, 2.24) is 9.97 Å². The third kappa shape index (κ3) is 7.64. The molecule has 0 radical (unpaired) electrons. The van der Waals surface area contributed by atoms with Crippen LogP contribution in [0.2, 0.25) is 0 Å². The Morgan fingerprint density at radius 3 is 2.38 bits per heavy atom. The van der Waals surface area contributed by atoms with Crippen LogP contribution in [-0.2, 0) is 12.6 Å². The molecule has 34 heavy (non-hydrogen) atoms. The lowest BCUT2D eigenvalue weighted by molar-refractivity contribution is -0.137. The summed E-state index contributed by atoms with van der Waals surface area (Å²) in [5.74, 6) is 0.461. The van der Waals surface area contributed by atoms with Gasteiger partial charge in [-0.15, -0.1) is 0 Å². The molecule has 2 N–H and O–H groups in total. The largest absolute Gasteiger partial charge is 0.491 e. The van der Waals surface area contributed by atoms with E-state index in [1.165, 1.54) is 6.42 Å². The first-order chi connectivity index (χ1) is 16.2. The number of aromatic nitrogens is 2. The third-order valence-corrected chi connectivity index (χ3v) is 5.09. The number of unbranched alkanes of at least 4 members (excludes halogenated alkanes) is 3. The van der Waals surface area contributed by atoms with Gasteiger partial charge in [0.05, 0.1) is 6.10 Å². The Kier molecular flexibility index (Phi) is 8.73. The van der Waals surface area contributed by atoms with E-state index in [1.54, 1.807) is 30.3 Å². The zero-order valence-corrected chi connectivity index (χ0v) is 19.7. The van der Waals surface area contributed by atoms with Crippen LogP contribution in [0, 0.1) is 0 Å². The minimum Gasteiger partial charge on any atom is -0.491 e. The minimum atomic E-state index is -4.59. The van der Waals surface area contributed by atoms with Gasteiger partial charge in [-0.2, -0.15) is 18.2 Å². The Bertz CT molecular complexity index is 1050. The average molecular weight is 473 g/mol. The van der Waals surface area contributed by atoms with Gasteiger partial charge < -0.3 is 15.4 Å². The predicted octanol–water partition coefficient (Wildman–Crippen LogP) is 7.89. The fourth-order valence-corrected chi connectivity index (χ4v) is 3.46. The van der Waals surface area contributed by atoms with E-state index in [-0.39, 0.29) is 17.9 Å². The fourth-order valence-electron chi connectivity index (χ4n) is 3.46. The predicted molar refractivity (Wildman–Crippen MR) is 130 cm³/mol. The Morgan fingerprint density at radius 2 is 1.71 bits per heavy atom. The van der Waals surface area contributed by atoms with Crippen LogP contribution in [-0.4, -0.2) is 16.1 Å². The number of benzene rings is 2. The summed E-state index contributed by atoms with van der Waals surface area (Å²) in [6, 6.07) is 14.5. The standard InChI is InChI=1S/C26H31F3N4O/c1-4-5-6-7-9-19-10-8-11-21(16-19)31-24-23(26(27,28)29)17-30-25(33-24)32-20-12-14-22(15-13-20)34-18(2)3/h8,10-18H,4-7,9H2,1-3H3,(H2,30,31,32,33). The second-order valence-corrected chi connectivity index (χ2v) is 8.41. The summed E-state index contributed by atoms with van der Waals surface area (Å²) >= 11 is 0. The number of halogens is 3. The van der Waals surface area contributed by atoms with E-state index in [4.69, 9.17) is 4.74 Å². The molecule has 0 spiro atoms. The van der Waals surface area contributed by atoms with E-state index in [1.807, 2.05) is 32.0 Å². The molecule has 3 rings (SSSR count). The normalized spacial score (nSPS) is 11.5. The zero-order valence-electron chi connectivity index (χ0n) is 19.7. The van der Waals surface area contributed by atoms with Crippen LogP contribution in [0.4, 0.5) is 36.3 Å². The molecule has 0 atom stereocenters. The number of hydrogen-bond donors (Lipinski definition) is 2. The Hall–Kier alpha value is -3.29. The lowest BCUT2D eigenvalue weighted by atomic mass is 10.1. The number of alkyl halides is 3. The third-order valence-electron chi connectivity index (χ3n) is 5.09. The molecular weight excluding hydrogens is 441 g/mol. The molecule has 1 aromatic heterocycles. The highest BCUT2D eigenvalue weighted by molar-refractivity contribution is 5.63. The van der Waals surface area contributed by atoms with Crippen LogP contribution < -0.4 is 15.4 Å². The highest BCUT2D eigenvalue weighted by Crippen LogP contribution is 2.35. The first kappa shape index (κ1) is 25.3. The van der Waals surface area contributed by atoms with Gasteiger partial charge in [-0.3, -0.25) is 0 Å². The minimum absolute atomic E-state index is 0.0422. The summed E-state index contributed by atoms with van der Waals surface area (Å²) in [5.41, 5.74) is 1.34. The number of ether oxygens (including phenoxy) is 1. The number of hydrogen-bond acceptors (Lipinski definition) is 5. The maximum atomic E-state index is 13.6. The molecular formula is C26H31F3N4O. The molecule has 0 amide bonds. The zero-order chi connectivity index (χ0) is 24.6. The van der Waals surface area contributed by atoms with Crippen LogP contribution in [0.15, 0.2) is 54.7 Å². The molecule has 0 saturated carbocycles. The number of anilines is 4. The first-order valence-corrected chi connectivity index (χ1v) is 11.6. The van der Waals surface area contributed by atoms with Gasteiger partial charge in [-0.25, -0.2) is 4.98 Å². The lowest BCUT2D eigenvalue weighted by Gasteiger charge is -2.16. The van der Waals surface area contributed by atoms with Crippen molar-refractivity contribution in [1.29, 1.82) is 0 Å². The van der Waals surface area contributed by atoms with Gasteiger partial charge >= 0.3 is 6.18 Å². The van der Waals surface area contributed by atoms with Crippen molar-refractivity contribution in [3.05, 3.63) is 65.9 Å². The Morgan fingerprint density at radius 1 is 0.941 bits per heavy atom. The Balaban J connectivity index is 1.78. The van der Waals surface area contributed by atoms with Crippen LogP contribution in [0.5, 0.6) is 5.75 Å². The fraction of sp³-hybridized carbons (Fsp3) is 0.385.